The van der Waals surface area contributed by atoms with E-state index >= 15 is 0 Å². The number of ether oxygens (including phenoxy) is 2. The third-order valence-electron chi connectivity index (χ3n) is 6.73. The molecule has 3 rings (SSSR count). The number of hydrogen-bond acceptors (Lipinski definition) is 6. The Balaban J connectivity index is 2.23. The molecule has 0 radical (unpaired) electrons. The summed E-state index contributed by atoms with van der Waals surface area (Å²) in [6.45, 7) is 3.73. The van der Waals surface area contributed by atoms with Gasteiger partial charge in [0.25, 0.3) is 0 Å². The Bertz CT molecular complexity index is 571. The van der Waals surface area contributed by atoms with Crippen molar-refractivity contribution in [2.75, 3.05) is 14.2 Å². The van der Waals surface area contributed by atoms with Crippen LogP contribution in [0.1, 0.15) is 39.5 Å². The molecular formula is C18H24O6. The van der Waals surface area contributed by atoms with E-state index in [1.807, 2.05) is 13.8 Å². The van der Waals surface area contributed by atoms with Gasteiger partial charge in [-0.05, 0) is 37.5 Å². The average molecular weight is 336 g/mol. The number of esters is 2. The largest absolute Gasteiger partial charge is 0.468 e. The first kappa shape index (κ1) is 17.1. The van der Waals surface area contributed by atoms with Crippen molar-refractivity contribution in [3.8, 4) is 0 Å². The van der Waals surface area contributed by atoms with Crippen molar-refractivity contribution in [2.24, 2.45) is 34.5 Å². The maximum atomic E-state index is 13.5. The molecule has 6 nitrogen and oxygen atoms in total. The van der Waals surface area contributed by atoms with Crippen molar-refractivity contribution in [3.63, 3.8) is 0 Å². The molecule has 3 aliphatic rings. The molecule has 3 fully saturated rings. The van der Waals surface area contributed by atoms with Crippen molar-refractivity contribution in [1.82, 2.24) is 0 Å². The van der Waals surface area contributed by atoms with E-state index < -0.39 is 34.6 Å². The van der Waals surface area contributed by atoms with Crippen LogP contribution in [0.3, 0.4) is 0 Å². The van der Waals surface area contributed by atoms with Crippen LogP contribution in [0.4, 0.5) is 0 Å². The van der Waals surface area contributed by atoms with E-state index in [2.05, 4.69) is 0 Å². The molecule has 3 aliphatic carbocycles. The Morgan fingerprint density at radius 1 is 0.833 bits per heavy atom. The van der Waals surface area contributed by atoms with Gasteiger partial charge in [0.2, 0.25) is 0 Å². The SMILES string of the molecule is COC(=O)[C@@]12CC[C@@H](C)[C@@H]1C(=O)[C@]1(C(=O)OC)CC[C@@H](C)[C@@H]1C2=O. The molecule has 0 amide bonds. The van der Waals surface area contributed by atoms with Gasteiger partial charge in [-0.25, -0.2) is 0 Å². The minimum absolute atomic E-state index is 0.140. The number of ketones is 2. The van der Waals surface area contributed by atoms with Gasteiger partial charge in [0.15, 0.2) is 11.6 Å². The molecule has 0 aromatic heterocycles. The second-order valence-electron chi connectivity index (χ2n) is 7.64. The molecule has 0 spiro atoms. The number of fused-ring (bicyclic) bond motifs is 2. The molecule has 3 saturated carbocycles. The first-order valence-corrected chi connectivity index (χ1v) is 8.54. The number of carbonyl (C=O) groups excluding carboxylic acids is 4. The predicted molar refractivity (Wildman–Crippen MR) is 82.7 cm³/mol. The highest BCUT2D eigenvalue weighted by molar-refractivity contribution is 6.21. The maximum absolute atomic E-state index is 13.5. The third-order valence-corrected chi connectivity index (χ3v) is 6.73. The van der Waals surface area contributed by atoms with Crippen molar-refractivity contribution in [3.05, 3.63) is 0 Å². The fraction of sp³-hybridized carbons (Fsp3) is 0.778. The minimum Gasteiger partial charge on any atom is -0.468 e. The normalized spacial score (nSPS) is 44.0. The zero-order valence-electron chi connectivity index (χ0n) is 14.6. The monoisotopic (exact) mass is 336 g/mol. The molecule has 0 bridgehead atoms. The molecule has 132 valence electrons. The van der Waals surface area contributed by atoms with Gasteiger partial charge in [0, 0.05) is 11.8 Å². The lowest BCUT2D eigenvalue weighted by Gasteiger charge is -2.47. The van der Waals surface area contributed by atoms with Crippen LogP contribution in [0.5, 0.6) is 0 Å². The van der Waals surface area contributed by atoms with Crippen LogP contribution in [0.2, 0.25) is 0 Å². The molecule has 0 heterocycles. The molecule has 6 heteroatoms. The summed E-state index contributed by atoms with van der Waals surface area (Å²) in [5.41, 5.74) is -2.85. The summed E-state index contributed by atoms with van der Waals surface area (Å²) >= 11 is 0. The van der Waals surface area contributed by atoms with Gasteiger partial charge in [0.05, 0.1) is 14.2 Å². The summed E-state index contributed by atoms with van der Waals surface area (Å²) < 4.78 is 9.87. The molecule has 6 atom stereocenters. The van der Waals surface area contributed by atoms with Crippen LogP contribution in [0, 0.1) is 34.5 Å². The van der Waals surface area contributed by atoms with Crippen LogP contribution < -0.4 is 0 Å². The Kier molecular flexibility index (Phi) is 3.85. The molecule has 24 heavy (non-hydrogen) atoms. The van der Waals surface area contributed by atoms with Crippen LogP contribution in [-0.4, -0.2) is 37.7 Å². The van der Waals surface area contributed by atoms with E-state index in [4.69, 9.17) is 9.47 Å². The minimum atomic E-state index is -1.42. The van der Waals surface area contributed by atoms with Gasteiger partial charge in [0.1, 0.15) is 10.8 Å². The van der Waals surface area contributed by atoms with Crippen LogP contribution in [0.25, 0.3) is 0 Å². The highest BCUT2D eigenvalue weighted by atomic mass is 16.5. The number of carbonyl (C=O) groups is 4. The van der Waals surface area contributed by atoms with Gasteiger partial charge in [-0.15, -0.1) is 0 Å². The van der Waals surface area contributed by atoms with E-state index in [0.29, 0.717) is 25.7 Å². The van der Waals surface area contributed by atoms with E-state index in [9.17, 15) is 19.2 Å². The zero-order valence-corrected chi connectivity index (χ0v) is 14.6. The van der Waals surface area contributed by atoms with E-state index in [1.165, 1.54) is 14.2 Å². The second kappa shape index (κ2) is 5.39. The standard InChI is InChI=1S/C18H24O6/c1-9-5-7-17(15(21)23-3)11(9)13(19)18(16(22)24-4)8-6-10(2)12(18)14(17)20/h9-12H,5-8H2,1-4H3/t9-,10-,11-,12-,17+,18+/m1/s1. The van der Waals surface area contributed by atoms with Gasteiger partial charge in [-0.3, -0.25) is 19.2 Å². The second-order valence-corrected chi connectivity index (χ2v) is 7.64. The highest BCUT2D eigenvalue weighted by Gasteiger charge is 2.75. The lowest BCUT2D eigenvalue weighted by Crippen LogP contribution is -2.64. The number of methoxy groups -OCH3 is 2. The molecule has 0 unspecified atom stereocenters. The van der Waals surface area contributed by atoms with Crippen LogP contribution in [0.15, 0.2) is 0 Å². The first-order chi connectivity index (χ1) is 11.3. The fourth-order valence-corrected chi connectivity index (χ4v) is 5.62. The average Bonchev–Trinajstić information content (AvgIpc) is 3.11. The molecular weight excluding hydrogens is 312 g/mol. The molecule has 0 aromatic rings. The summed E-state index contributed by atoms with van der Waals surface area (Å²) in [6.07, 6.45) is 1.82. The topological polar surface area (TPSA) is 86.7 Å². The maximum Gasteiger partial charge on any atom is 0.320 e. The number of rotatable bonds is 2. The summed E-state index contributed by atoms with van der Waals surface area (Å²) in [6, 6.07) is 0. The molecule has 0 N–H and O–H groups in total. The van der Waals surface area contributed by atoms with Gasteiger partial charge in [-0.1, -0.05) is 13.8 Å². The van der Waals surface area contributed by atoms with Gasteiger partial charge < -0.3 is 9.47 Å². The third kappa shape index (κ3) is 1.72. The summed E-state index contributed by atoms with van der Waals surface area (Å²) in [4.78, 5) is 52.2. The Labute approximate surface area is 141 Å². The fourth-order valence-electron chi connectivity index (χ4n) is 5.62. The van der Waals surface area contributed by atoms with E-state index in [0.717, 1.165) is 0 Å². The highest BCUT2D eigenvalue weighted by Crippen LogP contribution is 2.63. The number of Topliss-reactive ketones (excluding diaryl/α,β-unsaturated/α-hetero) is 2. The summed E-state index contributed by atoms with van der Waals surface area (Å²) in [5, 5.41) is 0. The number of hydrogen-bond donors (Lipinski definition) is 0. The molecule has 0 aromatic carbocycles. The molecule has 0 aliphatic heterocycles. The van der Waals surface area contributed by atoms with Crippen molar-refractivity contribution < 1.29 is 28.7 Å². The quantitative estimate of drug-likeness (QED) is 0.562. The smallest absolute Gasteiger partial charge is 0.320 e. The van der Waals surface area contributed by atoms with Gasteiger partial charge >= 0.3 is 11.9 Å². The Hall–Kier alpha value is -1.72. The van der Waals surface area contributed by atoms with E-state index in [-0.39, 0.29) is 23.4 Å². The van der Waals surface area contributed by atoms with Gasteiger partial charge in [-0.2, -0.15) is 0 Å². The zero-order chi connectivity index (χ0) is 17.9. The van der Waals surface area contributed by atoms with Crippen molar-refractivity contribution in [1.29, 1.82) is 0 Å². The first-order valence-electron chi connectivity index (χ1n) is 8.54. The predicted octanol–water partition coefficient (Wildman–Crippen LogP) is 1.55. The molecule has 0 saturated heterocycles. The van der Waals surface area contributed by atoms with Crippen LogP contribution in [-0.2, 0) is 28.7 Å². The summed E-state index contributed by atoms with van der Waals surface area (Å²) in [5.74, 6) is -3.72. The van der Waals surface area contributed by atoms with E-state index in [1.54, 1.807) is 0 Å². The summed E-state index contributed by atoms with van der Waals surface area (Å²) in [7, 11) is 2.49. The lowest BCUT2D eigenvalue weighted by molar-refractivity contribution is -0.184. The van der Waals surface area contributed by atoms with Crippen LogP contribution >= 0.6 is 0 Å². The lowest BCUT2D eigenvalue weighted by atomic mass is 9.51. The Morgan fingerprint density at radius 2 is 1.17 bits per heavy atom. The Morgan fingerprint density at radius 3 is 1.46 bits per heavy atom. The van der Waals surface area contributed by atoms with Crippen molar-refractivity contribution >= 4 is 23.5 Å². The van der Waals surface area contributed by atoms with Crippen molar-refractivity contribution in [2.45, 2.75) is 39.5 Å².